The van der Waals surface area contributed by atoms with Crippen LogP contribution in [-0.4, -0.2) is 55.0 Å². The molecule has 3 heterocycles. The van der Waals surface area contributed by atoms with Gasteiger partial charge in [0.2, 0.25) is 0 Å². The maximum atomic E-state index is 10.9. The first-order chi connectivity index (χ1) is 9.96. The van der Waals surface area contributed by atoms with Gasteiger partial charge in [0, 0.05) is 0 Å². The number of fused-ring (bicyclic) bond motifs is 1. The number of ether oxygens (including phenoxy) is 2. The van der Waals surface area contributed by atoms with Gasteiger partial charge in [-0.25, -0.2) is 15.0 Å². The van der Waals surface area contributed by atoms with Crippen LogP contribution in [0.2, 0.25) is 0 Å². The zero-order valence-electron chi connectivity index (χ0n) is 10.9. The molecule has 0 amide bonds. The fourth-order valence-corrected chi connectivity index (χ4v) is 2.63. The third-order valence-corrected chi connectivity index (χ3v) is 3.69. The summed E-state index contributed by atoms with van der Waals surface area (Å²) in [6.07, 6.45) is 1.73. The molecule has 2 atom stereocenters. The normalized spacial score (nSPS) is 23.0. The van der Waals surface area contributed by atoms with Crippen LogP contribution in [0.15, 0.2) is 12.7 Å². The molecule has 0 aliphatic carbocycles. The van der Waals surface area contributed by atoms with E-state index in [1.54, 1.807) is 10.9 Å². The molecular weight excluding hydrogens is 301 g/mol. The van der Waals surface area contributed by atoms with E-state index in [1.165, 1.54) is 6.33 Å². The van der Waals surface area contributed by atoms with E-state index in [0.29, 0.717) is 17.8 Å². The second kappa shape index (κ2) is 5.32. The van der Waals surface area contributed by atoms with Crippen LogP contribution in [0.5, 0.6) is 0 Å². The Bertz CT molecular complexity index is 700. The van der Waals surface area contributed by atoms with Gasteiger partial charge >= 0.3 is 7.60 Å². The third kappa shape index (κ3) is 2.89. The summed E-state index contributed by atoms with van der Waals surface area (Å²) in [6.45, 7) is 0.575. The molecule has 2 aromatic rings. The minimum Gasteiger partial charge on any atom is -0.382 e. The second-order valence-corrected chi connectivity index (χ2v) is 6.27. The molecular formula is C10H14N5O5P. The van der Waals surface area contributed by atoms with Gasteiger partial charge in [-0.1, -0.05) is 0 Å². The van der Waals surface area contributed by atoms with Crippen molar-refractivity contribution in [1.29, 1.82) is 0 Å². The number of hydrogen-bond donors (Lipinski definition) is 3. The highest BCUT2D eigenvalue weighted by Gasteiger charge is 2.33. The van der Waals surface area contributed by atoms with Crippen molar-refractivity contribution < 1.29 is 23.8 Å². The Morgan fingerprint density at radius 1 is 1.43 bits per heavy atom. The molecule has 2 aromatic heterocycles. The van der Waals surface area contributed by atoms with Crippen molar-refractivity contribution in [2.24, 2.45) is 0 Å². The smallest absolute Gasteiger partial charge is 0.350 e. The summed E-state index contributed by atoms with van der Waals surface area (Å²) in [5.74, 6) is 0.269. The number of rotatable bonds is 4. The fraction of sp³-hybridized carbons (Fsp3) is 0.500. The first-order valence-electron chi connectivity index (χ1n) is 6.12. The first-order valence-corrected chi connectivity index (χ1v) is 7.92. The van der Waals surface area contributed by atoms with Crippen molar-refractivity contribution in [3.05, 3.63) is 12.7 Å². The fourth-order valence-electron chi connectivity index (χ4n) is 2.25. The maximum absolute atomic E-state index is 10.9. The highest BCUT2D eigenvalue weighted by Crippen LogP contribution is 2.36. The molecule has 0 bridgehead atoms. The van der Waals surface area contributed by atoms with Crippen LogP contribution in [0.1, 0.15) is 6.04 Å². The van der Waals surface area contributed by atoms with Crippen LogP contribution in [0.25, 0.3) is 11.2 Å². The van der Waals surface area contributed by atoms with Crippen molar-refractivity contribution in [2.75, 3.05) is 25.3 Å². The van der Waals surface area contributed by atoms with Gasteiger partial charge in [0.05, 0.1) is 25.6 Å². The Hall–Kier alpha value is -1.58. The molecule has 11 heteroatoms. The van der Waals surface area contributed by atoms with E-state index >= 15 is 0 Å². The number of nitrogen functional groups attached to an aromatic ring is 1. The predicted molar refractivity (Wildman–Crippen MR) is 71.4 cm³/mol. The number of anilines is 1. The van der Waals surface area contributed by atoms with Gasteiger partial charge in [0.25, 0.3) is 0 Å². The van der Waals surface area contributed by atoms with E-state index in [9.17, 15) is 4.57 Å². The van der Waals surface area contributed by atoms with Crippen molar-refractivity contribution in [2.45, 2.75) is 12.1 Å². The van der Waals surface area contributed by atoms with Crippen LogP contribution in [0, 0.1) is 0 Å². The van der Waals surface area contributed by atoms with Gasteiger partial charge in [-0.2, -0.15) is 0 Å². The van der Waals surface area contributed by atoms with Crippen molar-refractivity contribution >= 4 is 24.6 Å². The molecule has 0 saturated carbocycles. The van der Waals surface area contributed by atoms with Gasteiger partial charge in [-0.05, 0) is 0 Å². The second-order valence-electron chi connectivity index (χ2n) is 4.69. The summed E-state index contributed by atoms with van der Waals surface area (Å²) < 4.78 is 23.2. The molecule has 114 valence electrons. The summed E-state index contributed by atoms with van der Waals surface area (Å²) in [5.41, 5.74) is 6.73. The first kappa shape index (κ1) is 14.4. The number of hydrogen-bond acceptors (Lipinski definition) is 7. The minimum atomic E-state index is -4.23. The average Bonchev–Trinajstić information content (AvgIpc) is 3.01. The minimum absolute atomic E-state index is 0.241. The molecule has 1 saturated heterocycles. The van der Waals surface area contributed by atoms with E-state index in [4.69, 9.17) is 25.0 Å². The van der Waals surface area contributed by atoms with E-state index < -0.39 is 20.0 Å². The number of aromatic nitrogens is 4. The molecule has 10 nitrogen and oxygen atoms in total. The van der Waals surface area contributed by atoms with E-state index in [-0.39, 0.29) is 18.5 Å². The Morgan fingerprint density at radius 2 is 2.24 bits per heavy atom. The van der Waals surface area contributed by atoms with Crippen LogP contribution in [0.3, 0.4) is 0 Å². The Morgan fingerprint density at radius 3 is 3.00 bits per heavy atom. The molecule has 21 heavy (non-hydrogen) atoms. The van der Waals surface area contributed by atoms with Gasteiger partial charge < -0.3 is 29.6 Å². The lowest BCUT2D eigenvalue weighted by molar-refractivity contribution is 0.0476. The van der Waals surface area contributed by atoms with Crippen LogP contribution in [-0.2, 0) is 14.0 Å². The standard InChI is InChI=1S/C10H14N5O5P/c11-9-8-10(13-3-12-9)15(4-14-8)6-1-19-2-7(6)20-5-21(16,17)18/h3-4,6-7H,1-2,5H2,(H2,11,12,13)(H2,16,17,18)/t6-,7?/m1/s1. The Balaban J connectivity index is 1.87. The van der Waals surface area contributed by atoms with Crippen molar-refractivity contribution in [3.63, 3.8) is 0 Å². The lowest BCUT2D eigenvalue weighted by atomic mass is 10.2. The zero-order chi connectivity index (χ0) is 15.0. The predicted octanol–water partition coefficient (Wildman–Crippen LogP) is -0.500. The van der Waals surface area contributed by atoms with Crippen LogP contribution >= 0.6 is 7.60 Å². The van der Waals surface area contributed by atoms with Gasteiger partial charge in [0.1, 0.15) is 24.3 Å². The number of nitrogens with zero attached hydrogens (tertiary/aromatic N) is 4. The number of nitrogens with two attached hydrogens (primary N) is 1. The maximum Gasteiger partial charge on any atom is 0.350 e. The molecule has 0 radical (unpaired) electrons. The molecule has 1 aliphatic rings. The molecule has 1 fully saturated rings. The highest BCUT2D eigenvalue weighted by atomic mass is 31.2. The summed E-state index contributed by atoms with van der Waals surface area (Å²) >= 11 is 0. The monoisotopic (exact) mass is 315 g/mol. The lowest BCUT2D eigenvalue weighted by Crippen LogP contribution is -2.25. The van der Waals surface area contributed by atoms with Crippen LogP contribution < -0.4 is 5.73 Å². The Kier molecular flexibility index (Phi) is 3.64. The van der Waals surface area contributed by atoms with E-state index in [1.807, 2.05) is 0 Å². The molecule has 1 aliphatic heterocycles. The van der Waals surface area contributed by atoms with Gasteiger partial charge in [-0.15, -0.1) is 0 Å². The summed E-state index contributed by atoms with van der Waals surface area (Å²) in [7, 11) is -4.23. The number of imidazole rings is 1. The SMILES string of the molecule is Nc1ncnc2c1ncn2[C@@H]1COCC1OCP(=O)(O)O. The van der Waals surface area contributed by atoms with E-state index in [2.05, 4.69) is 15.0 Å². The molecule has 3 rings (SSSR count). The summed E-state index contributed by atoms with van der Waals surface area (Å²) in [6, 6.07) is -0.282. The van der Waals surface area contributed by atoms with E-state index in [0.717, 1.165) is 0 Å². The van der Waals surface area contributed by atoms with Gasteiger partial charge in [0.15, 0.2) is 11.5 Å². The summed E-state index contributed by atoms with van der Waals surface area (Å²) in [4.78, 5) is 29.9. The van der Waals surface area contributed by atoms with Crippen molar-refractivity contribution in [1.82, 2.24) is 19.5 Å². The molecule has 1 unspecified atom stereocenters. The topological polar surface area (TPSA) is 146 Å². The molecule has 0 spiro atoms. The zero-order valence-corrected chi connectivity index (χ0v) is 11.8. The van der Waals surface area contributed by atoms with Crippen molar-refractivity contribution in [3.8, 4) is 0 Å². The summed E-state index contributed by atoms with van der Waals surface area (Å²) in [5, 5.41) is 0. The molecule has 0 aromatic carbocycles. The third-order valence-electron chi connectivity index (χ3n) is 3.20. The van der Waals surface area contributed by atoms with Crippen LogP contribution in [0.4, 0.5) is 5.82 Å². The average molecular weight is 315 g/mol. The van der Waals surface area contributed by atoms with Gasteiger partial charge in [-0.3, -0.25) is 4.57 Å². The Labute approximate surface area is 119 Å². The largest absolute Gasteiger partial charge is 0.382 e. The lowest BCUT2D eigenvalue weighted by Gasteiger charge is -2.20. The molecule has 4 N–H and O–H groups in total. The highest BCUT2D eigenvalue weighted by molar-refractivity contribution is 7.51. The quantitative estimate of drug-likeness (QED) is 0.635.